The number of aryl methyl sites for hydroxylation is 2. The minimum atomic E-state index is -1.62. The van der Waals surface area contributed by atoms with Crippen molar-refractivity contribution < 1.29 is 29.6 Å². The molecule has 2 aromatic carbocycles. The molecular formula is C31H34N4O8. The summed E-state index contributed by atoms with van der Waals surface area (Å²) < 4.78 is 12.6. The molecule has 0 unspecified atom stereocenters. The number of esters is 1. The van der Waals surface area contributed by atoms with Crippen molar-refractivity contribution in [1.29, 1.82) is 0 Å². The van der Waals surface area contributed by atoms with Gasteiger partial charge in [0.05, 0.1) is 24.6 Å². The third kappa shape index (κ3) is 5.87. The van der Waals surface area contributed by atoms with Gasteiger partial charge < -0.3 is 24.8 Å². The highest BCUT2D eigenvalue weighted by atomic mass is 16.6. The highest BCUT2D eigenvalue weighted by molar-refractivity contribution is 5.84. The molecule has 226 valence electrons. The molecule has 1 fully saturated rings. The van der Waals surface area contributed by atoms with Crippen molar-refractivity contribution in [1.82, 2.24) is 19.1 Å². The number of rotatable bonds is 9. The molecule has 4 atom stereocenters. The van der Waals surface area contributed by atoms with E-state index in [-0.39, 0.29) is 37.2 Å². The molecule has 0 bridgehead atoms. The summed E-state index contributed by atoms with van der Waals surface area (Å²) in [7, 11) is 0. The Kier molecular flexibility index (Phi) is 8.83. The van der Waals surface area contributed by atoms with Gasteiger partial charge in [-0.1, -0.05) is 59.7 Å². The Morgan fingerprint density at radius 1 is 0.930 bits per heavy atom. The van der Waals surface area contributed by atoms with Gasteiger partial charge >= 0.3 is 11.7 Å². The Morgan fingerprint density at radius 3 is 2.05 bits per heavy atom. The maximum Gasteiger partial charge on any atom is 0.334 e. The number of nitrogens with zero attached hydrogens (tertiary/aromatic N) is 4. The molecule has 1 saturated heterocycles. The van der Waals surface area contributed by atoms with Crippen molar-refractivity contribution in [3.8, 4) is 22.5 Å². The van der Waals surface area contributed by atoms with Gasteiger partial charge in [-0.2, -0.15) is 0 Å². The third-order valence-electron chi connectivity index (χ3n) is 7.48. The van der Waals surface area contributed by atoms with Crippen LogP contribution >= 0.6 is 0 Å². The van der Waals surface area contributed by atoms with Crippen molar-refractivity contribution >= 4 is 17.1 Å². The fourth-order valence-electron chi connectivity index (χ4n) is 5.13. The first kappa shape index (κ1) is 30.2. The zero-order valence-corrected chi connectivity index (χ0v) is 24.1. The Labute approximate surface area is 246 Å². The quantitative estimate of drug-likeness (QED) is 0.245. The van der Waals surface area contributed by atoms with Crippen molar-refractivity contribution in [2.45, 2.75) is 64.7 Å². The predicted molar refractivity (Wildman–Crippen MR) is 157 cm³/mol. The lowest BCUT2D eigenvalue weighted by Gasteiger charge is -2.22. The maximum atomic E-state index is 13.9. The minimum Gasteiger partial charge on any atom is -0.466 e. The second-order valence-electron chi connectivity index (χ2n) is 10.6. The normalized spacial score (nSPS) is 20.0. The van der Waals surface area contributed by atoms with Gasteiger partial charge in [0.1, 0.15) is 18.3 Å². The second-order valence-corrected chi connectivity index (χ2v) is 10.6. The van der Waals surface area contributed by atoms with Crippen molar-refractivity contribution in [2.24, 2.45) is 0 Å². The standard InChI is InChI=1S/C31H34N4O8/c1-4-42-22(37)6-5-15-34-29(40)25-28(35(31(34)41)30-27(39)26(38)21(16-36)43-30)33-24(20-13-9-18(3)10-14-20)23(32-25)19-11-7-17(2)8-12-19/h7-14,21,26-27,30,36,38-39H,4-6,15-16H2,1-3H3/t21-,26-,27-,30-/m1/s1. The van der Waals surface area contributed by atoms with Crippen LogP contribution in [0.2, 0.25) is 0 Å². The molecule has 3 heterocycles. The van der Waals surface area contributed by atoms with E-state index in [9.17, 15) is 29.7 Å². The Hall–Kier alpha value is -4.23. The molecule has 2 aromatic heterocycles. The van der Waals surface area contributed by atoms with Crippen LogP contribution in [0.25, 0.3) is 33.7 Å². The molecule has 0 saturated carbocycles. The highest BCUT2D eigenvalue weighted by Gasteiger charge is 2.45. The van der Waals surface area contributed by atoms with Gasteiger partial charge in [0.25, 0.3) is 5.56 Å². The number of aliphatic hydroxyl groups excluding tert-OH is 3. The van der Waals surface area contributed by atoms with E-state index in [1.807, 2.05) is 62.4 Å². The van der Waals surface area contributed by atoms with E-state index in [2.05, 4.69) is 0 Å². The van der Waals surface area contributed by atoms with E-state index in [0.29, 0.717) is 22.5 Å². The average molecular weight is 591 g/mol. The molecule has 0 amide bonds. The summed E-state index contributed by atoms with van der Waals surface area (Å²) >= 11 is 0. The lowest BCUT2D eigenvalue weighted by Crippen LogP contribution is -2.44. The van der Waals surface area contributed by atoms with Gasteiger partial charge in [0.2, 0.25) is 0 Å². The van der Waals surface area contributed by atoms with Crippen LogP contribution in [-0.2, 0) is 20.8 Å². The number of ether oxygens (including phenoxy) is 2. The molecule has 0 spiro atoms. The number of fused-ring (bicyclic) bond motifs is 1. The zero-order valence-electron chi connectivity index (χ0n) is 24.1. The van der Waals surface area contributed by atoms with E-state index in [1.165, 1.54) is 0 Å². The van der Waals surface area contributed by atoms with Crippen LogP contribution in [-0.4, -0.2) is 71.9 Å². The van der Waals surface area contributed by atoms with Crippen LogP contribution in [0.4, 0.5) is 0 Å². The molecule has 43 heavy (non-hydrogen) atoms. The van der Waals surface area contributed by atoms with E-state index in [0.717, 1.165) is 20.3 Å². The summed E-state index contributed by atoms with van der Waals surface area (Å²) in [4.78, 5) is 49.3. The Morgan fingerprint density at radius 2 is 1.51 bits per heavy atom. The predicted octanol–water partition coefficient (Wildman–Crippen LogP) is 1.86. The number of hydrogen-bond acceptors (Lipinski definition) is 10. The number of hydrogen-bond donors (Lipinski definition) is 3. The monoisotopic (exact) mass is 590 g/mol. The van der Waals surface area contributed by atoms with Crippen LogP contribution < -0.4 is 11.2 Å². The fraction of sp³-hybridized carbons (Fsp3) is 0.387. The van der Waals surface area contributed by atoms with Crippen LogP contribution in [0.1, 0.15) is 37.1 Å². The van der Waals surface area contributed by atoms with Crippen molar-refractivity contribution in [3.63, 3.8) is 0 Å². The Bertz CT molecular complexity index is 1750. The van der Waals surface area contributed by atoms with Crippen LogP contribution in [0.15, 0.2) is 58.1 Å². The second kappa shape index (κ2) is 12.6. The third-order valence-corrected chi connectivity index (χ3v) is 7.48. The van der Waals surface area contributed by atoms with Crippen molar-refractivity contribution in [2.75, 3.05) is 13.2 Å². The first-order valence-electron chi connectivity index (χ1n) is 14.1. The number of benzene rings is 2. The summed E-state index contributed by atoms with van der Waals surface area (Å²) in [5.74, 6) is -0.468. The van der Waals surface area contributed by atoms with Crippen LogP contribution in [0, 0.1) is 13.8 Å². The summed E-state index contributed by atoms with van der Waals surface area (Å²) in [6.45, 7) is 5.01. The summed E-state index contributed by atoms with van der Waals surface area (Å²) in [5.41, 5.74) is 2.27. The lowest BCUT2D eigenvalue weighted by atomic mass is 10.0. The molecular weight excluding hydrogens is 556 g/mol. The van der Waals surface area contributed by atoms with Gasteiger partial charge in [0, 0.05) is 24.1 Å². The van der Waals surface area contributed by atoms with Gasteiger partial charge in [-0.15, -0.1) is 0 Å². The topological polar surface area (TPSA) is 166 Å². The highest BCUT2D eigenvalue weighted by Crippen LogP contribution is 2.33. The van der Waals surface area contributed by atoms with E-state index >= 15 is 0 Å². The molecule has 3 N–H and O–H groups in total. The first-order chi connectivity index (χ1) is 20.6. The van der Waals surface area contributed by atoms with E-state index < -0.39 is 48.4 Å². The molecule has 0 radical (unpaired) electrons. The number of aliphatic hydroxyl groups is 3. The summed E-state index contributed by atoms with van der Waals surface area (Å²) in [6.07, 6.45) is -5.69. The molecule has 5 rings (SSSR count). The smallest absolute Gasteiger partial charge is 0.334 e. The van der Waals surface area contributed by atoms with Gasteiger partial charge in [0.15, 0.2) is 17.4 Å². The van der Waals surface area contributed by atoms with Crippen LogP contribution in [0.3, 0.4) is 0 Å². The summed E-state index contributed by atoms with van der Waals surface area (Å²) in [6, 6.07) is 15.1. The largest absolute Gasteiger partial charge is 0.466 e. The molecule has 1 aliphatic heterocycles. The maximum absolute atomic E-state index is 13.9. The molecule has 12 heteroatoms. The number of carbonyl (C=O) groups is 1. The number of carbonyl (C=O) groups excluding carboxylic acids is 1. The SMILES string of the molecule is CCOC(=O)CCCn1c(=O)c2nc(-c3ccc(C)cc3)c(-c3ccc(C)cc3)nc2n([C@@H]2O[C@H](CO)[C@@H](O)[C@H]2O)c1=O. The van der Waals surface area contributed by atoms with Gasteiger partial charge in [-0.05, 0) is 27.2 Å². The average Bonchev–Trinajstić information content (AvgIpc) is 3.28. The molecule has 0 aliphatic carbocycles. The molecule has 12 nitrogen and oxygen atoms in total. The zero-order chi connectivity index (χ0) is 30.8. The fourth-order valence-corrected chi connectivity index (χ4v) is 5.13. The lowest BCUT2D eigenvalue weighted by molar-refractivity contribution is -0.143. The van der Waals surface area contributed by atoms with E-state index in [1.54, 1.807) is 6.92 Å². The van der Waals surface area contributed by atoms with E-state index in [4.69, 9.17) is 19.4 Å². The molecule has 1 aliphatic rings. The first-order valence-corrected chi connectivity index (χ1v) is 14.1. The van der Waals surface area contributed by atoms with Gasteiger partial charge in [-0.25, -0.2) is 19.3 Å². The van der Waals surface area contributed by atoms with Gasteiger partial charge in [-0.3, -0.25) is 14.2 Å². The summed E-state index contributed by atoms with van der Waals surface area (Å²) in [5, 5.41) is 31.1. The Balaban J connectivity index is 1.78. The number of aromatic nitrogens is 4. The molecule has 4 aromatic rings. The minimum absolute atomic E-state index is 0.0295. The van der Waals surface area contributed by atoms with Crippen LogP contribution in [0.5, 0.6) is 0 Å². The van der Waals surface area contributed by atoms with Crippen molar-refractivity contribution in [3.05, 3.63) is 80.5 Å².